The highest BCUT2D eigenvalue weighted by Crippen LogP contribution is 2.53. The maximum absolute atomic E-state index is 13.5. The van der Waals surface area contributed by atoms with Gasteiger partial charge in [-0.05, 0) is 44.4 Å². The van der Waals surface area contributed by atoms with E-state index in [1.165, 1.54) is 0 Å². The van der Waals surface area contributed by atoms with Crippen LogP contribution >= 0.6 is 0 Å². The molecule has 2 fully saturated rings. The summed E-state index contributed by atoms with van der Waals surface area (Å²) in [6, 6.07) is 4.93. The van der Waals surface area contributed by atoms with E-state index in [0.717, 1.165) is 22.0 Å². The van der Waals surface area contributed by atoms with E-state index in [1.807, 2.05) is 36.2 Å². The molecule has 10 nitrogen and oxygen atoms in total. The number of β-amino-alcohol motifs (C(OH)–C–C–N with tert-alkyl or cyclic N) is 1. The van der Waals surface area contributed by atoms with E-state index in [0.29, 0.717) is 43.2 Å². The van der Waals surface area contributed by atoms with Crippen LogP contribution in [0, 0.1) is 5.41 Å². The number of carbonyl (C=O) groups is 1. The van der Waals surface area contributed by atoms with Gasteiger partial charge in [-0.1, -0.05) is 6.42 Å². The molecule has 39 heavy (non-hydrogen) atoms. The van der Waals surface area contributed by atoms with Gasteiger partial charge in [-0.15, -0.1) is 5.10 Å². The number of pyridine rings is 2. The Morgan fingerprint density at radius 2 is 2.13 bits per heavy atom. The molecule has 0 bridgehead atoms. The average Bonchev–Trinajstić information content (AvgIpc) is 3.45. The molecule has 4 aromatic rings. The van der Waals surface area contributed by atoms with Crippen molar-refractivity contribution < 1.29 is 27.8 Å². The number of hydrogen-bond acceptors (Lipinski definition) is 7. The molecule has 0 spiro atoms. The summed E-state index contributed by atoms with van der Waals surface area (Å²) in [6.07, 6.45) is -0.126. The third-order valence-corrected chi connectivity index (χ3v) is 7.88. The summed E-state index contributed by atoms with van der Waals surface area (Å²) in [4.78, 5) is 19.0. The molecule has 1 aliphatic heterocycles. The predicted octanol–water partition coefficient (Wildman–Crippen LogP) is 3.46. The number of rotatable bonds is 6. The molecule has 0 aromatic carbocycles. The molecule has 0 radical (unpaired) electrons. The number of carbonyl (C=O) groups excluding carboxylic acids is 1. The van der Waals surface area contributed by atoms with Crippen molar-refractivity contribution in [2.24, 2.45) is 5.41 Å². The molecule has 1 amide bonds. The van der Waals surface area contributed by atoms with Gasteiger partial charge >= 0.3 is 6.18 Å². The number of fused-ring (bicyclic) bond motifs is 3. The Morgan fingerprint density at radius 3 is 2.77 bits per heavy atom. The number of halogens is 3. The van der Waals surface area contributed by atoms with Crippen LogP contribution in [0.1, 0.15) is 32.6 Å². The van der Waals surface area contributed by atoms with Crippen LogP contribution in [-0.4, -0.2) is 73.8 Å². The first-order valence-corrected chi connectivity index (χ1v) is 13.0. The number of aromatic nitrogens is 5. The summed E-state index contributed by atoms with van der Waals surface area (Å²) in [7, 11) is 0. The molecular formula is C26H28F3N7O3. The Labute approximate surface area is 221 Å². The molecule has 1 saturated heterocycles. The van der Waals surface area contributed by atoms with Gasteiger partial charge in [-0.2, -0.15) is 18.3 Å². The number of hydrogen-bond donors (Lipinski definition) is 3. The topological polar surface area (TPSA) is 121 Å². The molecule has 13 heteroatoms. The van der Waals surface area contributed by atoms with Crippen LogP contribution in [0.3, 0.4) is 0 Å². The van der Waals surface area contributed by atoms with Gasteiger partial charge in [0.2, 0.25) is 5.91 Å². The first kappa shape index (κ1) is 25.4. The third-order valence-electron chi connectivity index (χ3n) is 7.88. The number of piperidine rings is 1. The van der Waals surface area contributed by atoms with Gasteiger partial charge in [-0.25, -0.2) is 9.50 Å². The van der Waals surface area contributed by atoms with E-state index in [-0.39, 0.29) is 19.4 Å². The van der Waals surface area contributed by atoms with Crippen molar-refractivity contribution in [1.82, 2.24) is 30.1 Å². The van der Waals surface area contributed by atoms with Crippen LogP contribution < -0.4 is 15.0 Å². The molecule has 4 aromatic heterocycles. The molecule has 3 N–H and O–H groups in total. The van der Waals surface area contributed by atoms with Crippen LogP contribution in [0.5, 0.6) is 5.75 Å². The predicted molar refractivity (Wildman–Crippen MR) is 136 cm³/mol. The normalized spacial score (nSPS) is 21.2. The molecule has 206 valence electrons. The lowest BCUT2D eigenvalue weighted by atomic mass is 9.67. The number of aliphatic hydroxyl groups is 1. The second-order valence-electron chi connectivity index (χ2n) is 10.2. The Hall–Kier alpha value is -3.87. The van der Waals surface area contributed by atoms with Crippen LogP contribution in [0.2, 0.25) is 0 Å². The lowest BCUT2D eigenvalue weighted by molar-refractivity contribution is -0.243. The van der Waals surface area contributed by atoms with Crippen LogP contribution in [0.15, 0.2) is 36.8 Å². The Kier molecular flexibility index (Phi) is 6.12. The minimum Gasteiger partial charge on any atom is -0.492 e. The summed E-state index contributed by atoms with van der Waals surface area (Å²) in [6.45, 7) is 2.97. The van der Waals surface area contributed by atoms with Crippen molar-refractivity contribution in [3.63, 3.8) is 0 Å². The molecule has 2 atom stereocenters. The second-order valence-corrected chi connectivity index (χ2v) is 10.2. The first-order valence-electron chi connectivity index (χ1n) is 13.0. The maximum Gasteiger partial charge on any atom is 0.403 e. The van der Waals surface area contributed by atoms with E-state index < -0.39 is 29.6 Å². The van der Waals surface area contributed by atoms with Gasteiger partial charge < -0.3 is 20.1 Å². The lowest BCUT2D eigenvalue weighted by Crippen LogP contribution is -2.61. The average molecular weight is 544 g/mol. The lowest BCUT2D eigenvalue weighted by Gasteiger charge is -2.44. The zero-order chi connectivity index (χ0) is 27.4. The van der Waals surface area contributed by atoms with Gasteiger partial charge in [-0.3, -0.25) is 9.89 Å². The van der Waals surface area contributed by atoms with Gasteiger partial charge in [0.15, 0.2) is 5.65 Å². The third kappa shape index (κ3) is 4.24. The largest absolute Gasteiger partial charge is 0.492 e. The van der Waals surface area contributed by atoms with Gasteiger partial charge in [0.05, 0.1) is 42.0 Å². The highest BCUT2D eigenvalue weighted by Gasteiger charge is 2.63. The number of anilines is 1. The molecule has 2 aliphatic rings. The fraction of sp³-hybridized carbons (Fsp3) is 0.462. The molecular weight excluding hydrogens is 515 g/mol. The molecule has 6 rings (SSSR count). The Balaban J connectivity index is 1.19. The van der Waals surface area contributed by atoms with Crippen LogP contribution in [0.4, 0.5) is 19.0 Å². The Bertz CT molecular complexity index is 1510. The standard InChI is InChI=1S/C26H28F3N7O3/c1-2-39-16-10-17(22-18-12-31-33-23(18)34-36(22)13-16)15-4-5-21(30-11-15)35-9-6-19(20(37)14-35)32-24(38)25(7-3-8-25)26(27,28)29/h4-5,10-13,19-20,37H,2-3,6-9,14H2,1H3,(H,32,38)(H,33,34)/t19-,20+/m0/s1. The van der Waals surface area contributed by atoms with Gasteiger partial charge in [0.25, 0.3) is 0 Å². The van der Waals surface area contributed by atoms with E-state index in [4.69, 9.17) is 4.74 Å². The summed E-state index contributed by atoms with van der Waals surface area (Å²) in [5.41, 5.74) is 0.863. The Morgan fingerprint density at radius 1 is 1.31 bits per heavy atom. The van der Waals surface area contributed by atoms with E-state index in [1.54, 1.807) is 16.9 Å². The van der Waals surface area contributed by atoms with Gasteiger partial charge in [0, 0.05) is 30.4 Å². The first-order chi connectivity index (χ1) is 18.7. The number of alkyl halides is 3. The maximum atomic E-state index is 13.5. The van der Waals surface area contributed by atoms with E-state index >= 15 is 0 Å². The number of aliphatic hydroxyl groups excluding tert-OH is 1. The highest BCUT2D eigenvalue weighted by atomic mass is 19.4. The monoisotopic (exact) mass is 543 g/mol. The zero-order valence-corrected chi connectivity index (χ0v) is 21.2. The van der Waals surface area contributed by atoms with Crippen molar-refractivity contribution in [1.29, 1.82) is 0 Å². The minimum absolute atomic E-state index is 0.138. The summed E-state index contributed by atoms with van der Waals surface area (Å²) in [5, 5.41) is 25.5. The fourth-order valence-corrected chi connectivity index (χ4v) is 5.52. The van der Waals surface area contributed by atoms with Crippen molar-refractivity contribution >= 4 is 28.3 Å². The number of nitrogens with zero attached hydrogens (tertiary/aromatic N) is 5. The van der Waals surface area contributed by atoms with E-state index in [9.17, 15) is 23.1 Å². The second kappa shape index (κ2) is 9.40. The van der Waals surface area contributed by atoms with Crippen molar-refractivity contribution in [2.75, 3.05) is 24.6 Å². The van der Waals surface area contributed by atoms with Crippen LogP contribution in [-0.2, 0) is 4.79 Å². The quantitative estimate of drug-likeness (QED) is 0.341. The molecule has 1 aliphatic carbocycles. The van der Waals surface area contributed by atoms with E-state index in [2.05, 4.69) is 25.6 Å². The van der Waals surface area contributed by atoms with Crippen molar-refractivity contribution in [2.45, 2.75) is 50.9 Å². The zero-order valence-electron chi connectivity index (χ0n) is 21.2. The van der Waals surface area contributed by atoms with Gasteiger partial charge in [0.1, 0.15) is 17.0 Å². The molecule has 0 unspecified atom stereocenters. The van der Waals surface area contributed by atoms with Crippen molar-refractivity contribution in [3.8, 4) is 16.9 Å². The number of aromatic amines is 1. The summed E-state index contributed by atoms with van der Waals surface area (Å²) in [5.74, 6) is 0.240. The number of H-pyrrole nitrogens is 1. The fourth-order valence-electron chi connectivity index (χ4n) is 5.52. The summed E-state index contributed by atoms with van der Waals surface area (Å²) >= 11 is 0. The molecule has 1 saturated carbocycles. The number of ether oxygens (including phenoxy) is 1. The summed E-state index contributed by atoms with van der Waals surface area (Å²) < 4.78 is 48.1. The number of nitrogens with one attached hydrogen (secondary N) is 2. The minimum atomic E-state index is -4.60. The van der Waals surface area contributed by atoms with Crippen LogP contribution in [0.25, 0.3) is 27.7 Å². The highest BCUT2D eigenvalue weighted by molar-refractivity contribution is 6.00. The SMILES string of the molecule is CCOc1cc(-c2ccc(N3CC[C@H](NC(=O)C4(C(F)(F)F)CCC4)[C@H](O)C3)nc2)c2c3cn[nH]c3nn2c1. The smallest absolute Gasteiger partial charge is 0.403 e. The van der Waals surface area contributed by atoms with Crippen molar-refractivity contribution in [3.05, 3.63) is 36.8 Å². The number of amides is 1. The molecule has 5 heterocycles.